The summed E-state index contributed by atoms with van der Waals surface area (Å²) in [4.78, 5) is 24.7. The van der Waals surface area contributed by atoms with Gasteiger partial charge in [-0.25, -0.2) is 9.59 Å². The predicted molar refractivity (Wildman–Crippen MR) is 107 cm³/mol. The lowest BCUT2D eigenvalue weighted by atomic mass is 9.85. The third kappa shape index (κ3) is 9.04. The van der Waals surface area contributed by atoms with Crippen LogP contribution >= 0.6 is 0 Å². The van der Waals surface area contributed by atoms with Crippen molar-refractivity contribution < 1.29 is 37.3 Å². The highest BCUT2D eigenvalue weighted by molar-refractivity contribution is 5.74. The first kappa shape index (κ1) is 24.8. The highest BCUT2D eigenvalue weighted by Crippen LogP contribution is 2.27. The Bertz CT molecular complexity index is 708. The molecule has 1 saturated carbocycles. The second-order valence-corrected chi connectivity index (χ2v) is 7.50. The molecule has 0 aromatic heterocycles. The van der Waals surface area contributed by atoms with Crippen LogP contribution in [0, 0.1) is 5.92 Å². The van der Waals surface area contributed by atoms with E-state index in [1.165, 1.54) is 4.90 Å². The molecule has 174 valence electrons. The number of alkyl halides is 3. The van der Waals surface area contributed by atoms with Crippen molar-refractivity contribution in [1.82, 2.24) is 10.2 Å². The molecule has 0 radical (unpaired) electrons. The second kappa shape index (κ2) is 11.8. The molecule has 2 amide bonds. The Labute approximate surface area is 179 Å². The molecule has 0 aliphatic heterocycles. The van der Waals surface area contributed by atoms with Crippen molar-refractivity contribution in [3.63, 3.8) is 0 Å². The van der Waals surface area contributed by atoms with Gasteiger partial charge in [0.2, 0.25) is 0 Å². The first-order valence-electron chi connectivity index (χ1n) is 10.3. The fraction of sp³-hybridized carbons (Fsp3) is 0.619. The molecule has 31 heavy (non-hydrogen) atoms. The van der Waals surface area contributed by atoms with Crippen molar-refractivity contribution in [2.75, 3.05) is 32.8 Å². The van der Waals surface area contributed by atoms with Gasteiger partial charge in [0.25, 0.3) is 0 Å². The average molecular weight is 446 g/mol. The summed E-state index contributed by atoms with van der Waals surface area (Å²) < 4.78 is 48.0. The summed E-state index contributed by atoms with van der Waals surface area (Å²) in [5.74, 6) is -0.202. The fourth-order valence-corrected chi connectivity index (χ4v) is 3.18. The molecule has 2 N–H and O–H groups in total. The highest BCUT2D eigenvalue weighted by Gasteiger charge is 2.30. The molecular weight excluding hydrogens is 417 g/mol. The topological polar surface area (TPSA) is 88.1 Å². The number of nitrogens with zero attached hydrogens (tertiary/aromatic N) is 1. The zero-order valence-corrected chi connectivity index (χ0v) is 17.5. The molecule has 0 saturated heterocycles. The summed E-state index contributed by atoms with van der Waals surface area (Å²) >= 11 is 0. The smallest absolute Gasteiger partial charge is 0.405 e. The van der Waals surface area contributed by atoms with Crippen LogP contribution in [0.3, 0.4) is 0 Å². The molecule has 1 aromatic carbocycles. The monoisotopic (exact) mass is 446 g/mol. The number of amides is 2. The lowest BCUT2D eigenvalue weighted by Crippen LogP contribution is -2.47. The molecule has 1 unspecified atom stereocenters. The van der Waals surface area contributed by atoms with Crippen molar-refractivity contribution in [2.24, 2.45) is 5.92 Å². The number of ether oxygens (including phenoxy) is 2. The maximum Gasteiger partial charge on any atom is 0.405 e. The minimum atomic E-state index is -4.46. The Morgan fingerprint density at radius 1 is 1.26 bits per heavy atom. The van der Waals surface area contributed by atoms with Crippen LogP contribution in [-0.2, 0) is 16.0 Å². The van der Waals surface area contributed by atoms with Crippen LogP contribution in [0.4, 0.5) is 18.0 Å². The van der Waals surface area contributed by atoms with Gasteiger partial charge in [0.1, 0.15) is 18.9 Å². The molecule has 1 fully saturated rings. The number of aliphatic carboxylic acids is 1. The summed E-state index contributed by atoms with van der Waals surface area (Å²) in [6, 6.07) is 6.07. The molecule has 7 nitrogen and oxygen atoms in total. The third-order valence-electron chi connectivity index (χ3n) is 5.05. The molecule has 0 heterocycles. The molecule has 10 heteroatoms. The maximum absolute atomic E-state index is 12.4. The summed E-state index contributed by atoms with van der Waals surface area (Å²) in [7, 11) is 0. The molecule has 1 aromatic rings. The molecule has 1 atom stereocenters. The van der Waals surface area contributed by atoms with Crippen molar-refractivity contribution in [3.8, 4) is 5.75 Å². The molecule has 1 aliphatic carbocycles. The Morgan fingerprint density at radius 3 is 2.45 bits per heavy atom. The fourth-order valence-electron chi connectivity index (χ4n) is 3.18. The Hall–Kier alpha value is -2.49. The van der Waals surface area contributed by atoms with E-state index in [4.69, 9.17) is 14.6 Å². The Morgan fingerprint density at radius 2 is 1.94 bits per heavy atom. The van der Waals surface area contributed by atoms with E-state index in [-0.39, 0.29) is 19.6 Å². The van der Waals surface area contributed by atoms with Crippen LogP contribution in [0.2, 0.25) is 0 Å². The van der Waals surface area contributed by atoms with E-state index < -0.39 is 30.8 Å². The molecular formula is C21H29F3N2O5. The van der Waals surface area contributed by atoms with Crippen LogP contribution in [-0.4, -0.2) is 67.1 Å². The van der Waals surface area contributed by atoms with Crippen LogP contribution in [0.25, 0.3) is 0 Å². The number of carboxylic acids is 1. The van der Waals surface area contributed by atoms with E-state index in [0.717, 1.165) is 24.8 Å². The number of hydrogen-bond acceptors (Lipinski definition) is 4. The number of nitrogens with one attached hydrogen (secondary N) is 1. The van der Waals surface area contributed by atoms with E-state index in [1.54, 1.807) is 31.2 Å². The van der Waals surface area contributed by atoms with Gasteiger partial charge in [-0.1, -0.05) is 18.6 Å². The lowest BCUT2D eigenvalue weighted by Gasteiger charge is -2.32. The largest absolute Gasteiger partial charge is 0.492 e. The van der Waals surface area contributed by atoms with Crippen molar-refractivity contribution in [2.45, 2.75) is 44.9 Å². The van der Waals surface area contributed by atoms with Crippen LogP contribution in [0.15, 0.2) is 24.3 Å². The van der Waals surface area contributed by atoms with Gasteiger partial charge in [-0.3, -0.25) is 0 Å². The summed E-state index contributed by atoms with van der Waals surface area (Å²) in [5, 5.41) is 11.1. The van der Waals surface area contributed by atoms with Crippen LogP contribution in [0.5, 0.6) is 5.75 Å². The highest BCUT2D eigenvalue weighted by atomic mass is 19.4. The molecule has 1 aliphatic rings. The second-order valence-electron chi connectivity index (χ2n) is 7.50. The normalized spacial score (nSPS) is 15.1. The quantitative estimate of drug-likeness (QED) is 0.513. The summed E-state index contributed by atoms with van der Waals surface area (Å²) in [5.41, 5.74) is 0.770. The number of hydrogen-bond donors (Lipinski definition) is 2. The van der Waals surface area contributed by atoms with Gasteiger partial charge < -0.3 is 24.8 Å². The molecule has 0 bridgehead atoms. The van der Waals surface area contributed by atoms with E-state index in [1.807, 2.05) is 5.32 Å². The number of carbonyl (C=O) groups excluding carboxylic acids is 1. The third-order valence-corrected chi connectivity index (χ3v) is 5.05. The van der Waals surface area contributed by atoms with Gasteiger partial charge in [0.05, 0.1) is 6.54 Å². The number of carbonyl (C=O) groups is 2. The zero-order valence-electron chi connectivity index (χ0n) is 17.5. The predicted octanol–water partition coefficient (Wildman–Crippen LogP) is 3.47. The molecule has 0 spiro atoms. The van der Waals surface area contributed by atoms with E-state index in [9.17, 15) is 22.8 Å². The van der Waals surface area contributed by atoms with Crippen molar-refractivity contribution >= 4 is 12.0 Å². The van der Waals surface area contributed by atoms with Gasteiger partial charge >= 0.3 is 18.2 Å². The van der Waals surface area contributed by atoms with Gasteiger partial charge in [0.15, 0.2) is 6.10 Å². The zero-order chi connectivity index (χ0) is 22.9. The number of urea groups is 1. The van der Waals surface area contributed by atoms with Gasteiger partial charge in [-0.2, -0.15) is 13.2 Å². The first-order valence-corrected chi connectivity index (χ1v) is 10.3. The van der Waals surface area contributed by atoms with E-state index in [0.29, 0.717) is 24.8 Å². The van der Waals surface area contributed by atoms with E-state index >= 15 is 0 Å². The standard InChI is InChI=1S/C21H29F3N2O5/c1-2-30-18(19(27)28)12-15-6-8-17(9-7-15)31-11-10-26(13-16-4-3-5-16)20(29)25-14-21(22,23)24/h6-9,16,18H,2-5,10-14H2,1H3,(H,25,29)(H,27,28). The van der Waals surface area contributed by atoms with Crippen LogP contribution < -0.4 is 10.1 Å². The number of halogens is 3. The number of benzene rings is 1. The van der Waals surface area contributed by atoms with Crippen molar-refractivity contribution in [3.05, 3.63) is 29.8 Å². The Kier molecular flexibility index (Phi) is 9.42. The van der Waals surface area contributed by atoms with Gasteiger partial charge in [-0.15, -0.1) is 0 Å². The number of carboxylic acid groups (broad SMARTS) is 1. The van der Waals surface area contributed by atoms with Crippen molar-refractivity contribution in [1.29, 1.82) is 0 Å². The SMILES string of the molecule is CCOC(Cc1ccc(OCCN(CC2CCC2)C(=O)NCC(F)(F)F)cc1)C(=O)O. The van der Waals surface area contributed by atoms with Gasteiger partial charge in [-0.05, 0) is 43.4 Å². The number of rotatable bonds is 12. The first-order chi connectivity index (χ1) is 14.7. The minimum Gasteiger partial charge on any atom is -0.492 e. The van der Waals surface area contributed by atoms with Crippen LogP contribution in [0.1, 0.15) is 31.7 Å². The average Bonchev–Trinajstić information content (AvgIpc) is 2.67. The summed E-state index contributed by atoms with van der Waals surface area (Å²) in [6.07, 6.45) is -2.17. The summed E-state index contributed by atoms with van der Waals surface area (Å²) in [6.45, 7) is 1.35. The molecule has 2 rings (SSSR count). The minimum absolute atomic E-state index is 0.127. The van der Waals surface area contributed by atoms with E-state index in [2.05, 4.69) is 0 Å². The Balaban J connectivity index is 1.84. The maximum atomic E-state index is 12.4. The lowest BCUT2D eigenvalue weighted by molar-refractivity contribution is -0.150. The van der Waals surface area contributed by atoms with Gasteiger partial charge in [0, 0.05) is 19.6 Å².